The number of hydrogen-bond acceptors (Lipinski definition) is 4. The molecule has 3 rings (SSSR count). The van der Waals surface area contributed by atoms with Gasteiger partial charge in [-0.05, 0) is 55.0 Å². The number of ether oxygens (including phenoxy) is 1. The lowest BCUT2D eigenvalue weighted by Crippen LogP contribution is -2.22. The first kappa shape index (κ1) is 21.5. The summed E-state index contributed by atoms with van der Waals surface area (Å²) in [6.07, 6.45) is 1.02. The van der Waals surface area contributed by atoms with Crippen LogP contribution in [0.5, 0.6) is 5.75 Å². The fraction of sp³-hybridized carbons (Fsp3) is 0.130. The van der Waals surface area contributed by atoms with E-state index < -0.39 is 27.4 Å². The minimum absolute atomic E-state index is 0.211. The molecule has 0 N–H and O–H groups in total. The van der Waals surface area contributed by atoms with E-state index in [2.05, 4.69) is 0 Å². The molecule has 0 saturated heterocycles. The van der Waals surface area contributed by atoms with Gasteiger partial charge in [0.05, 0.1) is 7.11 Å². The van der Waals surface area contributed by atoms with E-state index in [9.17, 15) is 8.42 Å². The maximum atomic E-state index is 15.4. The van der Waals surface area contributed by atoms with E-state index in [0.717, 1.165) is 11.6 Å². The van der Waals surface area contributed by atoms with Crippen LogP contribution in [0.4, 0.5) is 8.78 Å². The van der Waals surface area contributed by atoms with Crippen LogP contribution >= 0.6 is 0 Å². The summed E-state index contributed by atoms with van der Waals surface area (Å²) in [6.45, 7) is 1.79. The van der Waals surface area contributed by atoms with Gasteiger partial charge in [-0.25, -0.2) is 0 Å². The molecule has 0 heterocycles. The third kappa shape index (κ3) is 4.86. The van der Waals surface area contributed by atoms with E-state index in [1.807, 2.05) is 0 Å². The zero-order valence-corrected chi connectivity index (χ0v) is 17.2. The summed E-state index contributed by atoms with van der Waals surface area (Å²) in [5.74, 6) is -4.31. The molecule has 0 aliphatic carbocycles. The van der Waals surface area contributed by atoms with Crippen molar-refractivity contribution < 1.29 is 26.1 Å². The van der Waals surface area contributed by atoms with Gasteiger partial charge in [0.15, 0.2) is 5.76 Å². The number of hydrogen-bond donors (Lipinski definition) is 0. The maximum Gasteiger partial charge on any atom is 0.339 e. The van der Waals surface area contributed by atoms with Gasteiger partial charge in [0, 0.05) is 5.56 Å². The molecule has 0 aliphatic rings. The Bertz CT molecular complexity index is 1120. The Morgan fingerprint density at radius 3 is 2.07 bits per heavy atom. The zero-order valence-electron chi connectivity index (χ0n) is 16.4. The molecular formula is C23H20F2O4S. The van der Waals surface area contributed by atoms with Gasteiger partial charge in [0.2, 0.25) is 0 Å². The van der Waals surface area contributed by atoms with Crippen molar-refractivity contribution in [1.82, 2.24) is 0 Å². The second kappa shape index (κ2) is 8.67. The van der Waals surface area contributed by atoms with Gasteiger partial charge in [-0.1, -0.05) is 48.0 Å². The molecule has 4 nitrogen and oxygen atoms in total. The predicted molar refractivity (Wildman–Crippen MR) is 111 cm³/mol. The van der Waals surface area contributed by atoms with Crippen LogP contribution in [0.25, 0.3) is 6.08 Å². The first-order chi connectivity index (χ1) is 14.2. The summed E-state index contributed by atoms with van der Waals surface area (Å²) in [5, 5.41) is 0. The first-order valence-electron chi connectivity index (χ1n) is 9.03. The van der Waals surface area contributed by atoms with Gasteiger partial charge in [0.25, 0.3) is 0 Å². The third-order valence-corrected chi connectivity index (χ3v) is 5.62. The number of alkyl halides is 2. The van der Waals surface area contributed by atoms with Gasteiger partial charge >= 0.3 is 16.0 Å². The predicted octanol–water partition coefficient (Wildman–Crippen LogP) is 5.54. The summed E-state index contributed by atoms with van der Waals surface area (Å²) in [7, 11) is -3.05. The Kier molecular flexibility index (Phi) is 6.22. The van der Waals surface area contributed by atoms with E-state index in [4.69, 9.17) is 8.92 Å². The van der Waals surface area contributed by atoms with Gasteiger partial charge < -0.3 is 8.92 Å². The molecule has 3 aromatic rings. The first-order valence-corrected chi connectivity index (χ1v) is 10.4. The van der Waals surface area contributed by atoms with Crippen molar-refractivity contribution in [3.8, 4) is 5.75 Å². The highest BCUT2D eigenvalue weighted by atomic mass is 32.2. The van der Waals surface area contributed by atoms with Gasteiger partial charge in [-0.3, -0.25) is 0 Å². The average molecular weight is 430 g/mol. The fourth-order valence-corrected chi connectivity index (χ4v) is 3.64. The Morgan fingerprint density at radius 2 is 1.50 bits per heavy atom. The molecule has 0 spiro atoms. The molecular weight excluding hydrogens is 410 g/mol. The molecule has 0 amide bonds. The van der Waals surface area contributed by atoms with Crippen LogP contribution in [0.15, 0.2) is 89.5 Å². The Morgan fingerprint density at radius 1 is 0.900 bits per heavy atom. The van der Waals surface area contributed by atoms with E-state index in [-0.39, 0.29) is 4.90 Å². The van der Waals surface area contributed by atoms with Crippen molar-refractivity contribution in [1.29, 1.82) is 0 Å². The van der Waals surface area contributed by atoms with E-state index in [1.54, 1.807) is 49.4 Å². The molecule has 0 atom stereocenters. The summed E-state index contributed by atoms with van der Waals surface area (Å²) in [5.41, 5.74) is 0.780. The highest BCUT2D eigenvalue weighted by molar-refractivity contribution is 7.86. The van der Waals surface area contributed by atoms with Crippen LogP contribution in [0, 0.1) is 6.92 Å². The van der Waals surface area contributed by atoms with Gasteiger partial charge in [-0.2, -0.15) is 17.2 Å². The smallest absolute Gasteiger partial charge is 0.339 e. The minimum atomic E-state index is -4.47. The number of benzene rings is 3. The fourth-order valence-electron chi connectivity index (χ4n) is 2.68. The number of aryl methyl sites for hydroxylation is 1. The lowest BCUT2D eigenvalue weighted by Gasteiger charge is -2.21. The molecule has 0 saturated carbocycles. The monoisotopic (exact) mass is 430 g/mol. The van der Waals surface area contributed by atoms with Crippen molar-refractivity contribution in [2.24, 2.45) is 0 Å². The second-order valence-electron chi connectivity index (χ2n) is 6.57. The molecule has 30 heavy (non-hydrogen) atoms. The van der Waals surface area contributed by atoms with E-state index >= 15 is 8.78 Å². The molecule has 3 aromatic carbocycles. The third-order valence-electron chi connectivity index (χ3n) is 4.37. The molecule has 7 heteroatoms. The minimum Gasteiger partial charge on any atom is -0.497 e. The SMILES string of the molecule is COc1ccc(C(F)(F)/C(=C/c2ccccc2)OS(=O)(=O)c2ccc(C)cc2)cc1. The summed E-state index contributed by atoms with van der Waals surface area (Å²) >= 11 is 0. The quantitative estimate of drug-likeness (QED) is 0.365. The van der Waals surface area contributed by atoms with E-state index in [1.165, 1.54) is 43.5 Å². The number of allylic oxidation sites excluding steroid dienone is 1. The zero-order chi connectivity index (χ0) is 21.8. The lowest BCUT2D eigenvalue weighted by atomic mass is 10.0. The normalized spacial score (nSPS) is 12.5. The van der Waals surface area contributed by atoms with Crippen LogP contribution in [0.1, 0.15) is 16.7 Å². The topological polar surface area (TPSA) is 52.6 Å². The molecule has 0 fully saturated rings. The Balaban J connectivity index is 2.06. The molecule has 0 unspecified atom stereocenters. The van der Waals surface area contributed by atoms with Crippen molar-refractivity contribution >= 4 is 16.2 Å². The van der Waals surface area contributed by atoms with Gasteiger partial charge in [-0.15, -0.1) is 0 Å². The van der Waals surface area contributed by atoms with Gasteiger partial charge in [0.1, 0.15) is 10.6 Å². The van der Waals surface area contributed by atoms with Crippen LogP contribution in [0.2, 0.25) is 0 Å². The van der Waals surface area contributed by atoms with Crippen molar-refractivity contribution in [3.63, 3.8) is 0 Å². The molecule has 156 valence electrons. The van der Waals surface area contributed by atoms with E-state index in [0.29, 0.717) is 11.3 Å². The number of methoxy groups -OCH3 is 1. The second-order valence-corrected chi connectivity index (χ2v) is 8.12. The molecule has 0 bridgehead atoms. The van der Waals surface area contributed by atoms with Crippen molar-refractivity contribution in [2.75, 3.05) is 7.11 Å². The van der Waals surface area contributed by atoms with Crippen LogP contribution in [0.3, 0.4) is 0 Å². The summed E-state index contributed by atoms with van der Waals surface area (Å²) in [4.78, 5) is -0.211. The molecule has 0 aromatic heterocycles. The lowest BCUT2D eigenvalue weighted by molar-refractivity contribution is 0.00378. The highest BCUT2D eigenvalue weighted by Crippen LogP contribution is 2.39. The van der Waals surface area contributed by atoms with Crippen LogP contribution in [-0.4, -0.2) is 15.5 Å². The standard InChI is InChI=1S/C23H20F2O4S/c1-17-8-14-21(15-9-17)30(26,27)29-22(16-18-6-4-3-5-7-18)23(24,25)19-10-12-20(28-2)13-11-19/h3-16H,1-2H3/b22-16-. The van der Waals surface area contributed by atoms with Crippen LogP contribution < -0.4 is 4.74 Å². The maximum absolute atomic E-state index is 15.4. The average Bonchev–Trinajstić information content (AvgIpc) is 2.74. The Hall–Kier alpha value is -3.19. The molecule has 0 aliphatic heterocycles. The largest absolute Gasteiger partial charge is 0.497 e. The molecule has 0 radical (unpaired) electrons. The van der Waals surface area contributed by atoms with Crippen molar-refractivity contribution in [2.45, 2.75) is 17.7 Å². The summed E-state index contributed by atoms with van der Waals surface area (Å²) < 4.78 is 66.1. The highest BCUT2D eigenvalue weighted by Gasteiger charge is 2.41. The van der Waals surface area contributed by atoms with Crippen molar-refractivity contribution in [3.05, 3.63) is 101 Å². The number of halogens is 2. The summed E-state index contributed by atoms with van der Waals surface area (Å²) in [6, 6.07) is 19.0. The van der Waals surface area contributed by atoms with Crippen LogP contribution in [-0.2, 0) is 20.2 Å². The Labute approximate surface area is 174 Å². The number of rotatable bonds is 7.